The third-order valence-electron chi connectivity index (χ3n) is 5.71. The summed E-state index contributed by atoms with van der Waals surface area (Å²) in [5.74, 6) is 0.125. The van der Waals surface area contributed by atoms with Crippen molar-refractivity contribution in [1.82, 2.24) is 25.0 Å². The molecule has 0 spiro atoms. The Labute approximate surface area is 182 Å². The summed E-state index contributed by atoms with van der Waals surface area (Å²) in [7, 11) is 0. The molecule has 0 saturated carbocycles. The highest BCUT2D eigenvalue weighted by Gasteiger charge is 2.30. The molecule has 162 valence electrons. The zero-order valence-corrected chi connectivity index (χ0v) is 18.0. The fourth-order valence-corrected chi connectivity index (χ4v) is 4.02. The highest BCUT2D eigenvalue weighted by Crippen LogP contribution is 2.21. The lowest BCUT2D eigenvalue weighted by atomic mass is 9.97. The molecule has 2 aliphatic heterocycles. The van der Waals surface area contributed by atoms with E-state index in [2.05, 4.69) is 20.7 Å². The number of pyridine rings is 1. The summed E-state index contributed by atoms with van der Waals surface area (Å²) in [5.41, 5.74) is 1.50. The van der Waals surface area contributed by atoms with Crippen LogP contribution in [0, 0.1) is 12.8 Å². The summed E-state index contributed by atoms with van der Waals surface area (Å²) in [5, 5.41) is 10.8. The van der Waals surface area contributed by atoms with Gasteiger partial charge in [-0.25, -0.2) is 4.98 Å². The minimum Gasteiger partial charge on any atom is -0.336 e. The number of hydrogen-bond acceptors (Lipinski definition) is 5. The van der Waals surface area contributed by atoms with Gasteiger partial charge < -0.3 is 15.5 Å². The van der Waals surface area contributed by atoms with Crippen molar-refractivity contribution in [3.63, 3.8) is 0 Å². The minimum atomic E-state index is -0.236. The molecule has 8 nitrogen and oxygen atoms in total. The standard InChI is InChI=1S/C21H28N6O2.ClH/c1-15-6-7-19(23-12-15)24-20(28)16-4-3-10-26(14-16)21(29)18-8-11-27(25-18)17-5-2-9-22-13-17;/h6-8,11-12,16-17,22H,2-5,9-10,13-14H2,1H3,(H,23,24,28);1H. The summed E-state index contributed by atoms with van der Waals surface area (Å²) in [6, 6.07) is 5.80. The topological polar surface area (TPSA) is 92.2 Å². The van der Waals surface area contributed by atoms with Crippen LogP contribution < -0.4 is 10.6 Å². The van der Waals surface area contributed by atoms with Gasteiger partial charge in [-0.1, -0.05) is 6.07 Å². The zero-order valence-electron chi connectivity index (χ0n) is 17.2. The average Bonchev–Trinajstić information content (AvgIpc) is 3.26. The van der Waals surface area contributed by atoms with Crippen LogP contribution in [-0.2, 0) is 4.79 Å². The number of nitrogens with one attached hydrogen (secondary N) is 2. The number of carbonyl (C=O) groups excluding carboxylic acids is 2. The first kappa shape index (κ1) is 22.2. The van der Waals surface area contributed by atoms with Crippen molar-refractivity contribution in [1.29, 1.82) is 0 Å². The van der Waals surface area contributed by atoms with Crippen molar-refractivity contribution < 1.29 is 9.59 Å². The number of rotatable bonds is 4. The van der Waals surface area contributed by atoms with Gasteiger partial charge in [0.1, 0.15) is 11.5 Å². The number of hydrogen-bond donors (Lipinski definition) is 2. The maximum absolute atomic E-state index is 13.0. The van der Waals surface area contributed by atoms with Crippen molar-refractivity contribution in [3.8, 4) is 0 Å². The monoisotopic (exact) mass is 432 g/mol. The van der Waals surface area contributed by atoms with Crippen LogP contribution in [0.5, 0.6) is 0 Å². The van der Waals surface area contributed by atoms with Crippen molar-refractivity contribution in [2.24, 2.45) is 5.92 Å². The Morgan fingerprint density at radius 2 is 2.07 bits per heavy atom. The summed E-state index contributed by atoms with van der Waals surface area (Å²) >= 11 is 0. The van der Waals surface area contributed by atoms with Crippen molar-refractivity contribution >= 4 is 30.0 Å². The average molecular weight is 433 g/mol. The zero-order chi connectivity index (χ0) is 20.2. The molecule has 0 aliphatic carbocycles. The molecule has 30 heavy (non-hydrogen) atoms. The fourth-order valence-electron chi connectivity index (χ4n) is 4.02. The normalized spacial score (nSPS) is 21.6. The summed E-state index contributed by atoms with van der Waals surface area (Å²) in [6.07, 6.45) is 7.38. The van der Waals surface area contributed by atoms with Crippen LogP contribution in [0.2, 0.25) is 0 Å². The minimum absolute atomic E-state index is 0. The Kier molecular flexibility index (Phi) is 7.44. The largest absolute Gasteiger partial charge is 0.336 e. The molecule has 4 heterocycles. The third-order valence-corrected chi connectivity index (χ3v) is 5.71. The molecule has 2 saturated heterocycles. The van der Waals surface area contributed by atoms with Crippen LogP contribution in [-0.4, -0.2) is 57.7 Å². The molecule has 2 aromatic rings. The predicted octanol–water partition coefficient (Wildman–Crippen LogP) is 2.42. The van der Waals surface area contributed by atoms with Crippen LogP contribution in [0.1, 0.15) is 47.8 Å². The number of nitrogens with zero attached hydrogens (tertiary/aromatic N) is 4. The lowest BCUT2D eigenvalue weighted by Crippen LogP contribution is -2.44. The number of halogens is 1. The van der Waals surface area contributed by atoms with E-state index in [9.17, 15) is 9.59 Å². The van der Waals surface area contributed by atoms with Crippen molar-refractivity contribution in [2.45, 2.75) is 38.6 Å². The molecule has 4 rings (SSSR count). The maximum atomic E-state index is 13.0. The Bertz CT molecular complexity index is 863. The van der Waals surface area contributed by atoms with Gasteiger partial charge in [-0.2, -0.15) is 5.10 Å². The van der Waals surface area contributed by atoms with Gasteiger partial charge in [0.25, 0.3) is 5.91 Å². The first-order chi connectivity index (χ1) is 14.1. The Morgan fingerprint density at radius 3 is 2.80 bits per heavy atom. The number of amides is 2. The van der Waals surface area contributed by atoms with E-state index in [1.807, 2.05) is 23.9 Å². The van der Waals surface area contributed by atoms with E-state index >= 15 is 0 Å². The molecule has 2 aromatic heterocycles. The molecule has 2 unspecified atom stereocenters. The first-order valence-corrected chi connectivity index (χ1v) is 10.4. The van der Waals surface area contributed by atoms with Gasteiger partial charge >= 0.3 is 0 Å². The van der Waals surface area contributed by atoms with E-state index in [-0.39, 0.29) is 30.1 Å². The summed E-state index contributed by atoms with van der Waals surface area (Å²) in [6.45, 7) is 4.94. The Hall–Kier alpha value is -2.45. The van der Waals surface area contributed by atoms with E-state index in [4.69, 9.17) is 0 Å². The van der Waals surface area contributed by atoms with Gasteiger partial charge in [-0.3, -0.25) is 14.3 Å². The van der Waals surface area contributed by atoms with E-state index in [1.54, 1.807) is 23.2 Å². The first-order valence-electron chi connectivity index (χ1n) is 10.4. The molecule has 0 radical (unpaired) electrons. The second-order valence-corrected chi connectivity index (χ2v) is 7.98. The fraction of sp³-hybridized carbons (Fsp3) is 0.524. The molecule has 0 aromatic carbocycles. The second kappa shape index (κ2) is 10.0. The molecular weight excluding hydrogens is 404 g/mol. The molecule has 2 aliphatic rings. The van der Waals surface area contributed by atoms with E-state index in [0.29, 0.717) is 30.6 Å². The number of anilines is 1. The van der Waals surface area contributed by atoms with Crippen LogP contribution >= 0.6 is 12.4 Å². The second-order valence-electron chi connectivity index (χ2n) is 7.98. The molecule has 2 N–H and O–H groups in total. The molecule has 2 amide bonds. The van der Waals surface area contributed by atoms with Crippen LogP contribution in [0.15, 0.2) is 30.6 Å². The van der Waals surface area contributed by atoms with Gasteiger partial charge in [0, 0.05) is 32.0 Å². The molecular formula is C21H29ClN6O2. The summed E-state index contributed by atoms with van der Waals surface area (Å²) < 4.78 is 1.90. The maximum Gasteiger partial charge on any atom is 0.274 e. The molecule has 2 fully saturated rings. The van der Waals surface area contributed by atoms with E-state index in [1.165, 1.54) is 0 Å². The highest BCUT2D eigenvalue weighted by molar-refractivity contribution is 5.94. The predicted molar refractivity (Wildman–Crippen MR) is 117 cm³/mol. The molecule has 9 heteroatoms. The Balaban J connectivity index is 0.00000256. The van der Waals surface area contributed by atoms with Gasteiger partial charge in [-0.05, 0) is 56.8 Å². The van der Waals surface area contributed by atoms with Crippen molar-refractivity contribution in [2.75, 3.05) is 31.5 Å². The van der Waals surface area contributed by atoms with Gasteiger partial charge in [0.05, 0.1) is 12.0 Å². The number of carbonyl (C=O) groups is 2. The lowest BCUT2D eigenvalue weighted by Gasteiger charge is -2.31. The molecule has 2 atom stereocenters. The highest BCUT2D eigenvalue weighted by atomic mass is 35.5. The third kappa shape index (κ3) is 5.17. The van der Waals surface area contributed by atoms with E-state index < -0.39 is 0 Å². The van der Waals surface area contributed by atoms with E-state index in [0.717, 1.165) is 44.3 Å². The number of aromatic nitrogens is 3. The lowest BCUT2D eigenvalue weighted by molar-refractivity contribution is -0.121. The Morgan fingerprint density at radius 1 is 1.20 bits per heavy atom. The summed E-state index contributed by atoms with van der Waals surface area (Å²) in [4.78, 5) is 31.6. The van der Waals surface area contributed by atoms with Crippen LogP contribution in [0.25, 0.3) is 0 Å². The smallest absolute Gasteiger partial charge is 0.274 e. The quantitative estimate of drug-likeness (QED) is 0.774. The molecule has 0 bridgehead atoms. The number of piperidine rings is 2. The van der Waals surface area contributed by atoms with Crippen LogP contribution in [0.3, 0.4) is 0 Å². The van der Waals surface area contributed by atoms with Crippen molar-refractivity contribution in [3.05, 3.63) is 41.9 Å². The van der Waals surface area contributed by atoms with Gasteiger partial charge in [0.15, 0.2) is 0 Å². The SMILES string of the molecule is Cc1ccc(NC(=O)C2CCCN(C(=O)c3ccn(C4CCCNC4)n3)C2)nc1.Cl. The van der Waals surface area contributed by atoms with Gasteiger partial charge in [-0.15, -0.1) is 12.4 Å². The number of likely N-dealkylation sites (tertiary alicyclic amines) is 1. The number of aryl methyl sites for hydroxylation is 1. The van der Waals surface area contributed by atoms with Gasteiger partial charge in [0.2, 0.25) is 5.91 Å². The van der Waals surface area contributed by atoms with Crippen LogP contribution in [0.4, 0.5) is 5.82 Å².